The van der Waals surface area contributed by atoms with Crippen molar-refractivity contribution in [3.8, 4) is 0 Å². The maximum atomic E-state index is 5.59. The Hall–Kier alpha value is -0.0800. The molecular weight excluding hydrogens is 188 g/mol. The molecule has 0 bridgehead atoms. The highest BCUT2D eigenvalue weighted by molar-refractivity contribution is 5.07. The second-order valence-electron chi connectivity index (χ2n) is 5.80. The van der Waals surface area contributed by atoms with E-state index in [1.165, 1.54) is 44.9 Å². The summed E-state index contributed by atoms with van der Waals surface area (Å²) in [5, 5.41) is 0. The van der Waals surface area contributed by atoms with Crippen molar-refractivity contribution < 1.29 is 9.47 Å². The minimum atomic E-state index is 0.627. The van der Waals surface area contributed by atoms with Gasteiger partial charge in [0.25, 0.3) is 0 Å². The minimum Gasteiger partial charge on any atom is -0.370 e. The maximum Gasteiger partial charge on any atom is 0.0847 e. The van der Waals surface area contributed by atoms with Gasteiger partial charge in [-0.3, -0.25) is 0 Å². The molecule has 2 nitrogen and oxygen atoms in total. The van der Waals surface area contributed by atoms with E-state index >= 15 is 0 Å². The summed E-state index contributed by atoms with van der Waals surface area (Å²) >= 11 is 0. The average Bonchev–Trinajstić information content (AvgIpc) is 3.11. The zero-order valence-corrected chi connectivity index (χ0v) is 9.15. The van der Waals surface area contributed by atoms with E-state index in [2.05, 4.69) is 0 Å². The third kappa shape index (κ3) is 1.72. The Morgan fingerprint density at radius 2 is 1.80 bits per heavy atom. The molecule has 0 spiro atoms. The summed E-state index contributed by atoms with van der Waals surface area (Å²) in [5.41, 5.74) is 0. The predicted molar refractivity (Wildman–Crippen MR) is 56.4 cm³/mol. The topological polar surface area (TPSA) is 25.1 Å². The van der Waals surface area contributed by atoms with Crippen LogP contribution in [-0.2, 0) is 9.47 Å². The zero-order chi connectivity index (χ0) is 9.83. The molecule has 4 aliphatic rings. The van der Waals surface area contributed by atoms with Gasteiger partial charge in [0, 0.05) is 0 Å². The van der Waals surface area contributed by atoms with Gasteiger partial charge in [0.1, 0.15) is 0 Å². The predicted octanol–water partition coefficient (Wildman–Crippen LogP) is 2.47. The Morgan fingerprint density at radius 1 is 0.933 bits per heavy atom. The molecule has 0 aromatic heterocycles. The van der Waals surface area contributed by atoms with Gasteiger partial charge in [0.05, 0.1) is 24.4 Å². The molecular formula is C13H19O2. The Balaban J connectivity index is 1.31. The number of hydrogen-bond donors (Lipinski definition) is 0. The van der Waals surface area contributed by atoms with Crippen molar-refractivity contribution >= 4 is 0 Å². The molecule has 2 saturated heterocycles. The molecule has 1 radical (unpaired) electrons. The summed E-state index contributed by atoms with van der Waals surface area (Å²) in [6, 6.07) is 0. The molecule has 0 aromatic carbocycles. The van der Waals surface area contributed by atoms with Crippen LogP contribution >= 0.6 is 0 Å². The molecule has 2 heterocycles. The van der Waals surface area contributed by atoms with Crippen LogP contribution in [0.3, 0.4) is 0 Å². The van der Waals surface area contributed by atoms with Crippen molar-refractivity contribution in [3.63, 3.8) is 0 Å². The highest BCUT2D eigenvalue weighted by atomic mass is 16.6. The average molecular weight is 207 g/mol. The van der Waals surface area contributed by atoms with Crippen LogP contribution < -0.4 is 0 Å². The lowest BCUT2D eigenvalue weighted by atomic mass is 9.78. The van der Waals surface area contributed by atoms with Crippen LogP contribution in [0.15, 0.2) is 0 Å². The van der Waals surface area contributed by atoms with Gasteiger partial charge in [-0.15, -0.1) is 0 Å². The Labute approximate surface area is 91.3 Å². The standard InChI is InChI=1S/C13H19O2/c1-3-10-12(14-10)6-8(1)5-9-2-4-11-13(7-9)15-11/h8,10-13H,1-7H2. The van der Waals surface area contributed by atoms with Crippen LogP contribution in [0.25, 0.3) is 0 Å². The molecule has 0 amide bonds. The number of ether oxygens (including phenoxy) is 2. The Kier molecular flexibility index (Phi) is 1.92. The van der Waals surface area contributed by atoms with E-state index in [4.69, 9.17) is 9.47 Å². The van der Waals surface area contributed by atoms with E-state index in [1.54, 1.807) is 5.92 Å². The molecule has 0 N–H and O–H groups in total. The van der Waals surface area contributed by atoms with Crippen molar-refractivity contribution in [2.45, 2.75) is 69.4 Å². The van der Waals surface area contributed by atoms with Gasteiger partial charge in [-0.05, 0) is 56.8 Å². The van der Waals surface area contributed by atoms with Gasteiger partial charge in [0.2, 0.25) is 0 Å². The van der Waals surface area contributed by atoms with Gasteiger partial charge >= 0.3 is 0 Å². The van der Waals surface area contributed by atoms with Gasteiger partial charge in [-0.2, -0.15) is 0 Å². The Morgan fingerprint density at radius 3 is 2.67 bits per heavy atom. The summed E-state index contributed by atoms with van der Waals surface area (Å²) in [7, 11) is 0. The van der Waals surface area contributed by atoms with Crippen LogP contribution in [0.1, 0.15) is 44.9 Å². The highest BCUT2D eigenvalue weighted by Gasteiger charge is 2.47. The lowest BCUT2D eigenvalue weighted by molar-refractivity contribution is 0.343. The summed E-state index contributed by atoms with van der Waals surface area (Å²) in [6.45, 7) is 0. The summed E-state index contributed by atoms with van der Waals surface area (Å²) in [5.74, 6) is 2.72. The minimum absolute atomic E-state index is 0.627. The van der Waals surface area contributed by atoms with Crippen molar-refractivity contribution in [1.29, 1.82) is 0 Å². The van der Waals surface area contributed by atoms with Crippen LogP contribution in [0.4, 0.5) is 0 Å². The van der Waals surface area contributed by atoms with Crippen molar-refractivity contribution in [1.82, 2.24) is 0 Å². The van der Waals surface area contributed by atoms with E-state index in [-0.39, 0.29) is 0 Å². The quantitative estimate of drug-likeness (QED) is 0.650. The summed E-state index contributed by atoms with van der Waals surface area (Å²) < 4.78 is 11.2. The summed E-state index contributed by atoms with van der Waals surface area (Å²) in [6.07, 6.45) is 11.9. The number of rotatable bonds is 2. The van der Waals surface area contributed by atoms with Gasteiger partial charge in [0.15, 0.2) is 0 Å². The van der Waals surface area contributed by atoms with Gasteiger partial charge < -0.3 is 9.47 Å². The van der Waals surface area contributed by atoms with Crippen LogP contribution in [0.5, 0.6) is 0 Å². The van der Waals surface area contributed by atoms with Crippen LogP contribution in [0, 0.1) is 11.8 Å². The first-order valence-electron chi connectivity index (χ1n) is 6.53. The number of epoxide rings is 2. The van der Waals surface area contributed by atoms with Crippen LogP contribution in [-0.4, -0.2) is 24.4 Å². The largest absolute Gasteiger partial charge is 0.370 e. The third-order valence-corrected chi connectivity index (χ3v) is 4.65. The van der Waals surface area contributed by atoms with E-state index < -0.39 is 0 Å². The molecule has 2 aliphatic carbocycles. The fourth-order valence-corrected chi connectivity index (χ4v) is 3.61. The lowest BCUT2D eigenvalue weighted by Gasteiger charge is -2.25. The molecule has 5 unspecified atom stereocenters. The lowest BCUT2D eigenvalue weighted by Crippen LogP contribution is -2.19. The Bertz CT molecular complexity index is 239. The van der Waals surface area contributed by atoms with Crippen molar-refractivity contribution in [3.05, 3.63) is 5.92 Å². The number of fused-ring (bicyclic) bond motifs is 2. The molecule has 83 valence electrons. The van der Waals surface area contributed by atoms with Crippen LogP contribution in [0.2, 0.25) is 0 Å². The molecule has 15 heavy (non-hydrogen) atoms. The van der Waals surface area contributed by atoms with E-state index in [9.17, 15) is 0 Å². The van der Waals surface area contributed by atoms with E-state index in [0.29, 0.717) is 24.4 Å². The summed E-state index contributed by atoms with van der Waals surface area (Å²) in [4.78, 5) is 0. The molecule has 0 aromatic rings. The fourth-order valence-electron chi connectivity index (χ4n) is 3.61. The SMILES string of the molecule is C1CC2OC2C[C]1CC1CCC2OC2C1. The maximum absolute atomic E-state index is 5.59. The first kappa shape index (κ1) is 9.00. The first-order valence-corrected chi connectivity index (χ1v) is 6.53. The smallest absolute Gasteiger partial charge is 0.0847 e. The third-order valence-electron chi connectivity index (χ3n) is 4.65. The molecule has 4 fully saturated rings. The van der Waals surface area contributed by atoms with Crippen molar-refractivity contribution in [2.75, 3.05) is 0 Å². The molecule has 2 heteroatoms. The van der Waals surface area contributed by atoms with E-state index in [1.807, 2.05) is 0 Å². The highest BCUT2D eigenvalue weighted by Crippen LogP contribution is 2.46. The fraction of sp³-hybridized carbons (Fsp3) is 0.923. The molecule has 2 aliphatic heterocycles. The monoisotopic (exact) mass is 207 g/mol. The molecule has 2 saturated carbocycles. The normalized spacial score (nSPS) is 53.2. The van der Waals surface area contributed by atoms with Gasteiger partial charge in [-0.25, -0.2) is 0 Å². The zero-order valence-electron chi connectivity index (χ0n) is 9.15. The van der Waals surface area contributed by atoms with Gasteiger partial charge in [-0.1, -0.05) is 0 Å². The second-order valence-corrected chi connectivity index (χ2v) is 5.80. The number of hydrogen-bond acceptors (Lipinski definition) is 2. The molecule has 4 rings (SSSR count). The second kappa shape index (κ2) is 3.21. The first-order chi connectivity index (χ1) is 7.38. The van der Waals surface area contributed by atoms with E-state index in [0.717, 1.165) is 5.92 Å². The molecule has 5 atom stereocenters. The van der Waals surface area contributed by atoms with Crippen molar-refractivity contribution in [2.24, 2.45) is 5.92 Å².